The van der Waals surface area contributed by atoms with E-state index in [1.54, 1.807) is 12.1 Å². The van der Waals surface area contributed by atoms with E-state index in [0.717, 1.165) is 13.1 Å². The van der Waals surface area contributed by atoms with E-state index in [1.807, 2.05) is 30.3 Å². The Morgan fingerprint density at radius 2 is 1.08 bits per heavy atom. The van der Waals surface area contributed by atoms with Crippen molar-refractivity contribution in [3.63, 3.8) is 0 Å². The molecular weight excluding hydrogens is 575 g/mol. The van der Waals surface area contributed by atoms with E-state index in [2.05, 4.69) is 56.6 Å². The van der Waals surface area contributed by atoms with Gasteiger partial charge >= 0.3 is 101 Å². The van der Waals surface area contributed by atoms with Gasteiger partial charge in [0.2, 0.25) is 0 Å². The first-order valence-corrected chi connectivity index (χ1v) is 9.17. The van der Waals surface area contributed by atoms with E-state index in [0.29, 0.717) is 17.7 Å². The van der Waals surface area contributed by atoms with Crippen LogP contribution in [0.25, 0.3) is 0 Å². The quantitative estimate of drug-likeness (QED) is 0.331. The summed E-state index contributed by atoms with van der Waals surface area (Å²) in [7, 11) is 0. The molecule has 0 bridgehead atoms. The Kier molecular flexibility index (Phi) is 45.5. The van der Waals surface area contributed by atoms with Crippen LogP contribution in [-0.2, 0) is 67.1 Å². The standard InChI is InChI=1S/C20H20FNO.6CO.2Co/c21-19-11-9-18(10-12-19)20(23,17-7-2-1-3-8-17)13-6-16-22-14-4-5-15-22;6*1-2;;/h1-3,7-12,23H,4-5,14-16H2;;;;;;;;/q;;;;;;;2*+3. The van der Waals surface area contributed by atoms with Gasteiger partial charge < -0.3 is 5.11 Å². The predicted molar refractivity (Wildman–Crippen MR) is 113 cm³/mol. The molecule has 0 aliphatic carbocycles. The molecule has 2 aromatic carbocycles. The number of likely N-dealkylation sites (tertiary alicyclic amines) is 1. The van der Waals surface area contributed by atoms with Crippen LogP contribution in [0.1, 0.15) is 24.0 Å². The molecule has 1 aliphatic heterocycles. The fraction of sp³-hybridized carbons (Fsp3) is 0.231. The minimum Gasteiger partial charge on any atom is 3.00 e. The van der Waals surface area contributed by atoms with Gasteiger partial charge in [-0.3, -0.25) is 4.90 Å². The van der Waals surface area contributed by atoms with Crippen molar-refractivity contribution in [2.24, 2.45) is 0 Å². The second kappa shape index (κ2) is 35.5. The summed E-state index contributed by atoms with van der Waals surface area (Å²) in [5.74, 6) is 5.80. The minimum absolute atomic E-state index is 0. The van der Waals surface area contributed by atoms with Gasteiger partial charge in [0.05, 0.1) is 6.54 Å². The zero-order valence-electron chi connectivity index (χ0n) is 19.1. The van der Waals surface area contributed by atoms with Crippen LogP contribution >= 0.6 is 0 Å². The average molecular weight is 595 g/mol. The van der Waals surface area contributed by atoms with Crippen molar-refractivity contribution in [3.05, 3.63) is 111 Å². The molecule has 0 spiro atoms. The zero-order chi connectivity index (χ0) is 28.1. The smallest absolute Gasteiger partial charge is 3.00 e. The number of benzene rings is 2. The topological polar surface area (TPSA) is 143 Å². The Morgan fingerprint density at radius 3 is 1.49 bits per heavy atom. The maximum Gasteiger partial charge on any atom is 3.00 e. The molecular formula is C26H20Co2FNO7+6. The van der Waals surface area contributed by atoms with Crippen molar-refractivity contribution in [2.75, 3.05) is 19.6 Å². The van der Waals surface area contributed by atoms with Gasteiger partial charge in [-0.15, -0.1) is 0 Å². The van der Waals surface area contributed by atoms with Gasteiger partial charge in [-0.05, 0) is 38.1 Å². The second-order valence-corrected chi connectivity index (χ2v) is 5.87. The summed E-state index contributed by atoms with van der Waals surface area (Å²) < 4.78 is 58.2. The average Bonchev–Trinajstić information content (AvgIpc) is 3.50. The SMILES string of the molecule is OC(C#CCN1CCCC1)(c1ccccc1)c1ccc(F)cc1.[C-]#[O+].[C-]#[O+].[C-]#[O+].[C-]#[O+].[C-]#[O+].[C-]#[O+].[Co+3].[Co+3]. The zero-order valence-corrected chi connectivity index (χ0v) is 21.2. The van der Waals surface area contributed by atoms with E-state index in [-0.39, 0.29) is 39.4 Å². The van der Waals surface area contributed by atoms with E-state index in [4.69, 9.17) is 27.9 Å². The molecule has 1 atom stereocenters. The van der Waals surface area contributed by atoms with E-state index < -0.39 is 5.60 Å². The summed E-state index contributed by atoms with van der Waals surface area (Å²) in [4.78, 5) is 2.28. The third kappa shape index (κ3) is 19.1. The number of halogens is 1. The molecule has 1 N–H and O–H groups in total. The molecule has 37 heavy (non-hydrogen) atoms. The van der Waals surface area contributed by atoms with Crippen molar-refractivity contribution in [1.29, 1.82) is 0 Å². The Labute approximate surface area is 236 Å². The molecule has 0 saturated carbocycles. The number of hydrogen-bond donors (Lipinski definition) is 1. The van der Waals surface area contributed by atoms with Crippen molar-refractivity contribution in [2.45, 2.75) is 18.4 Å². The summed E-state index contributed by atoms with van der Waals surface area (Å²) in [6.45, 7) is 29.8. The number of rotatable bonds is 3. The Morgan fingerprint density at radius 1 is 0.703 bits per heavy atom. The molecule has 1 aliphatic rings. The van der Waals surface area contributed by atoms with E-state index >= 15 is 0 Å². The van der Waals surface area contributed by atoms with Crippen LogP contribution in [0.5, 0.6) is 0 Å². The van der Waals surface area contributed by atoms with Crippen LogP contribution in [0.2, 0.25) is 0 Å². The Hall–Kier alpha value is -2.70. The predicted octanol–water partition coefficient (Wildman–Crippen LogP) is 2.93. The Balaban J connectivity index is -0.000000152. The first kappa shape index (κ1) is 47.5. The number of nitrogens with zero attached hydrogens (tertiary/aromatic N) is 1. The number of aliphatic hydroxyl groups is 1. The molecule has 0 aromatic heterocycles. The fourth-order valence-electron chi connectivity index (χ4n) is 2.90. The Bertz CT molecular complexity index is 926. The van der Waals surface area contributed by atoms with Crippen LogP contribution < -0.4 is 0 Å². The van der Waals surface area contributed by atoms with Crippen molar-refractivity contribution >= 4 is 0 Å². The van der Waals surface area contributed by atoms with Crippen LogP contribution in [0.3, 0.4) is 0 Å². The molecule has 0 amide bonds. The fourth-order valence-corrected chi connectivity index (χ4v) is 2.90. The summed E-state index contributed by atoms with van der Waals surface area (Å²) in [5, 5.41) is 11.2. The third-order valence-electron chi connectivity index (χ3n) is 4.22. The first-order chi connectivity index (χ1) is 17.2. The van der Waals surface area contributed by atoms with E-state index in [1.165, 1.54) is 25.0 Å². The van der Waals surface area contributed by atoms with Gasteiger partial charge in [0.1, 0.15) is 5.82 Å². The normalized spacial score (nSPS) is 11.1. The maximum atomic E-state index is 13.2. The van der Waals surface area contributed by atoms with Crippen molar-refractivity contribution in [3.8, 4) is 11.8 Å². The molecule has 3 rings (SSSR count). The van der Waals surface area contributed by atoms with Gasteiger partial charge in [-0.25, -0.2) is 4.39 Å². The molecule has 190 valence electrons. The maximum absolute atomic E-state index is 13.2. The van der Waals surface area contributed by atoms with Crippen LogP contribution in [0.4, 0.5) is 4.39 Å². The summed E-state index contributed by atoms with van der Waals surface area (Å²) in [6.07, 6.45) is 2.42. The summed E-state index contributed by atoms with van der Waals surface area (Å²) in [5.41, 5.74) is -0.145. The van der Waals surface area contributed by atoms with Crippen LogP contribution in [-0.4, -0.2) is 29.6 Å². The van der Waals surface area contributed by atoms with Gasteiger partial charge in [0, 0.05) is 11.1 Å². The summed E-state index contributed by atoms with van der Waals surface area (Å²) >= 11 is 0. The largest absolute Gasteiger partial charge is 3.00 e. The first-order valence-electron chi connectivity index (χ1n) is 9.17. The molecule has 1 saturated heterocycles. The number of hydrogen-bond acceptors (Lipinski definition) is 2. The van der Waals surface area contributed by atoms with Gasteiger partial charge in [0.15, 0.2) is 5.60 Å². The molecule has 1 fully saturated rings. The van der Waals surface area contributed by atoms with Crippen LogP contribution in [0, 0.1) is 57.6 Å². The van der Waals surface area contributed by atoms with Crippen molar-refractivity contribution < 1.29 is 71.0 Å². The second-order valence-electron chi connectivity index (χ2n) is 5.87. The van der Waals surface area contributed by atoms with Crippen LogP contribution in [0.15, 0.2) is 54.6 Å². The van der Waals surface area contributed by atoms with E-state index in [9.17, 15) is 9.50 Å². The molecule has 1 heterocycles. The van der Waals surface area contributed by atoms with Crippen molar-refractivity contribution in [1.82, 2.24) is 4.90 Å². The van der Waals surface area contributed by atoms with Gasteiger partial charge in [0.25, 0.3) is 0 Å². The van der Waals surface area contributed by atoms with Gasteiger partial charge in [-0.2, -0.15) is 0 Å². The minimum atomic E-state index is -1.42. The van der Waals surface area contributed by atoms with Gasteiger partial charge in [-0.1, -0.05) is 54.3 Å². The molecule has 11 heteroatoms. The monoisotopic (exact) mass is 595 g/mol. The summed E-state index contributed by atoms with van der Waals surface area (Å²) in [6, 6.07) is 15.2. The molecule has 0 radical (unpaired) electrons. The molecule has 8 nitrogen and oxygen atoms in total. The molecule has 2 aromatic rings. The molecule has 1 unspecified atom stereocenters. The third-order valence-corrected chi connectivity index (χ3v) is 4.22.